The quantitative estimate of drug-likeness (QED) is 0.277. The molecule has 2 rings (SSSR count). The van der Waals surface area contributed by atoms with E-state index in [4.69, 9.17) is 16.3 Å². The van der Waals surface area contributed by atoms with Gasteiger partial charge in [-0.3, -0.25) is 9.79 Å². The summed E-state index contributed by atoms with van der Waals surface area (Å²) >= 11 is 6.30. The van der Waals surface area contributed by atoms with Crippen LogP contribution in [-0.2, 0) is 12.8 Å². The van der Waals surface area contributed by atoms with Crippen molar-refractivity contribution in [1.82, 2.24) is 15.5 Å². The number of nitrogens with one attached hydrogen (secondary N) is 2. The van der Waals surface area contributed by atoms with Crippen LogP contribution in [0.25, 0.3) is 0 Å². The predicted octanol–water partition coefficient (Wildman–Crippen LogP) is 4.01. The average molecular weight is 559 g/mol. The van der Waals surface area contributed by atoms with Gasteiger partial charge in [-0.25, -0.2) is 0 Å². The predicted molar refractivity (Wildman–Crippen MR) is 139 cm³/mol. The molecule has 0 heterocycles. The van der Waals surface area contributed by atoms with Gasteiger partial charge in [0.25, 0.3) is 5.91 Å². The summed E-state index contributed by atoms with van der Waals surface area (Å²) in [6.45, 7) is 4.15. The van der Waals surface area contributed by atoms with Crippen molar-refractivity contribution >= 4 is 47.4 Å². The molecule has 0 aromatic heterocycles. The number of hydrogen-bond donors (Lipinski definition) is 2. The van der Waals surface area contributed by atoms with E-state index in [9.17, 15) is 4.79 Å². The van der Waals surface area contributed by atoms with Crippen molar-refractivity contribution in [3.05, 3.63) is 64.2 Å². The molecule has 2 aromatic carbocycles. The first kappa shape index (κ1) is 27.0. The van der Waals surface area contributed by atoms with Gasteiger partial charge in [0.2, 0.25) is 0 Å². The topological polar surface area (TPSA) is 66.0 Å². The van der Waals surface area contributed by atoms with E-state index in [1.54, 1.807) is 26.1 Å². The van der Waals surface area contributed by atoms with Crippen LogP contribution in [-0.4, -0.2) is 57.6 Å². The van der Waals surface area contributed by atoms with E-state index in [2.05, 4.69) is 15.6 Å². The van der Waals surface area contributed by atoms with Crippen molar-refractivity contribution in [2.75, 3.05) is 40.8 Å². The molecule has 31 heavy (non-hydrogen) atoms. The van der Waals surface area contributed by atoms with Gasteiger partial charge in [0, 0.05) is 44.3 Å². The molecule has 0 fully saturated rings. The van der Waals surface area contributed by atoms with Gasteiger partial charge in [-0.15, -0.1) is 24.0 Å². The molecule has 0 unspecified atom stereocenters. The number of carbonyl (C=O) groups is 1. The van der Waals surface area contributed by atoms with Crippen molar-refractivity contribution in [1.29, 1.82) is 0 Å². The van der Waals surface area contributed by atoms with Gasteiger partial charge in [-0.05, 0) is 55.2 Å². The standard InChI is InChI=1S/C23H31ClN4O2.HI/c1-5-25-23(27-14-12-18-9-10-20(30-4)16-21(18)24)26-13-11-17-7-6-8-19(15-17)22(29)28(2)3;/h6-10,15-16H,5,11-14H2,1-4H3,(H2,25,26,27);1H. The first-order chi connectivity index (χ1) is 14.4. The monoisotopic (exact) mass is 558 g/mol. The third-order valence-corrected chi connectivity index (χ3v) is 4.89. The summed E-state index contributed by atoms with van der Waals surface area (Å²) < 4.78 is 5.18. The third-order valence-electron chi connectivity index (χ3n) is 4.54. The Morgan fingerprint density at radius 1 is 1.13 bits per heavy atom. The number of amides is 1. The summed E-state index contributed by atoms with van der Waals surface area (Å²) in [5.74, 6) is 1.53. The van der Waals surface area contributed by atoms with E-state index in [0.717, 1.165) is 42.2 Å². The van der Waals surface area contributed by atoms with Crippen LogP contribution < -0.4 is 15.4 Å². The molecule has 0 saturated carbocycles. The molecule has 2 N–H and O–H groups in total. The molecular formula is C23H32ClIN4O2. The summed E-state index contributed by atoms with van der Waals surface area (Å²) in [5.41, 5.74) is 2.85. The Balaban J connectivity index is 0.00000480. The number of halogens is 2. The maximum Gasteiger partial charge on any atom is 0.253 e. The molecule has 1 amide bonds. The second-order valence-corrected chi connectivity index (χ2v) is 7.45. The van der Waals surface area contributed by atoms with Crippen molar-refractivity contribution in [3.8, 4) is 5.75 Å². The van der Waals surface area contributed by atoms with Gasteiger partial charge < -0.3 is 20.3 Å². The van der Waals surface area contributed by atoms with Gasteiger partial charge >= 0.3 is 0 Å². The highest BCUT2D eigenvalue weighted by Gasteiger charge is 2.08. The molecule has 0 saturated heterocycles. The number of nitrogens with zero attached hydrogens (tertiary/aromatic N) is 2. The van der Waals surface area contributed by atoms with Crippen molar-refractivity contribution in [2.45, 2.75) is 19.8 Å². The lowest BCUT2D eigenvalue weighted by molar-refractivity contribution is 0.0827. The zero-order chi connectivity index (χ0) is 21.9. The van der Waals surface area contributed by atoms with E-state index in [-0.39, 0.29) is 29.9 Å². The van der Waals surface area contributed by atoms with E-state index in [1.165, 1.54) is 0 Å². The van der Waals surface area contributed by atoms with Gasteiger partial charge in [-0.2, -0.15) is 0 Å². The zero-order valence-electron chi connectivity index (χ0n) is 18.6. The van der Waals surface area contributed by atoms with Crippen LogP contribution in [0.3, 0.4) is 0 Å². The number of hydrogen-bond acceptors (Lipinski definition) is 3. The average Bonchev–Trinajstić information content (AvgIpc) is 2.74. The number of ether oxygens (including phenoxy) is 1. The van der Waals surface area contributed by atoms with E-state index < -0.39 is 0 Å². The van der Waals surface area contributed by atoms with E-state index in [1.807, 2.05) is 49.4 Å². The molecule has 6 nitrogen and oxygen atoms in total. The van der Waals surface area contributed by atoms with Gasteiger partial charge in [0.05, 0.1) is 7.11 Å². The second kappa shape index (κ2) is 14.1. The fourth-order valence-electron chi connectivity index (χ4n) is 2.93. The minimum absolute atomic E-state index is 0. The summed E-state index contributed by atoms with van der Waals surface area (Å²) in [4.78, 5) is 18.3. The van der Waals surface area contributed by atoms with E-state index in [0.29, 0.717) is 23.7 Å². The number of carbonyl (C=O) groups excluding carboxylic acids is 1. The normalized spacial score (nSPS) is 10.8. The Kier molecular flexibility index (Phi) is 12.3. The minimum atomic E-state index is 0. The largest absolute Gasteiger partial charge is 0.497 e. The highest BCUT2D eigenvalue weighted by molar-refractivity contribution is 14.0. The molecule has 0 aliphatic carbocycles. The first-order valence-electron chi connectivity index (χ1n) is 10.1. The lowest BCUT2D eigenvalue weighted by Crippen LogP contribution is -2.38. The lowest BCUT2D eigenvalue weighted by Gasteiger charge is -2.13. The van der Waals surface area contributed by atoms with Gasteiger partial charge in [0.1, 0.15) is 5.75 Å². The van der Waals surface area contributed by atoms with Crippen LogP contribution in [0.2, 0.25) is 5.02 Å². The summed E-state index contributed by atoms with van der Waals surface area (Å²) in [7, 11) is 5.14. The molecule has 170 valence electrons. The molecule has 2 aromatic rings. The van der Waals surface area contributed by atoms with Gasteiger partial charge in [-0.1, -0.05) is 29.8 Å². The molecular weight excluding hydrogens is 527 g/mol. The maximum atomic E-state index is 12.1. The van der Waals surface area contributed by atoms with Crippen molar-refractivity contribution in [2.24, 2.45) is 4.99 Å². The highest BCUT2D eigenvalue weighted by atomic mass is 127. The van der Waals surface area contributed by atoms with Crippen molar-refractivity contribution in [3.63, 3.8) is 0 Å². The molecule has 0 radical (unpaired) electrons. The SMILES string of the molecule is CCNC(=NCCc1ccc(OC)cc1Cl)NCCc1cccc(C(=O)N(C)C)c1.I. The minimum Gasteiger partial charge on any atom is -0.497 e. The lowest BCUT2D eigenvalue weighted by atomic mass is 10.1. The Labute approximate surface area is 207 Å². The number of benzene rings is 2. The van der Waals surface area contributed by atoms with Crippen LogP contribution in [0, 0.1) is 0 Å². The first-order valence-corrected chi connectivity index (χ1v) is 10.5. The van der Waals surface area contributed by atoms with E-state index >= 15 is 0 Å². The molecule has 0 spiro atoms. The smallest absolute Gasteiger partial charge is 0.253 e. The molecule has 0 aliphatic rings. The molecule has 0 bridgehead atoms. The zero-order valence-corrected chi connectivity index (χ0v) is 21.7. The Hall–Kier alpha value is -2.00. The molecule has 8 heteroatoms. The fraction of sp³-hybridized carbons (Fsp3) is 0.391. The number of aliphatic imine (C=N–C) groups is 1. The van der Waals surface area contributed by atoms with Crippen LogP contribution >= 0.6 is 35.6 Å². The number of rotatable bonds is 9. The highest BCUT2D eigenvalue weighted by Crippen LogP contribution is 2.22. The number of methoxy groups -OCH3 is 1. The Bertz CT molecular complexity index is 874. The van der Waals surface area contributed by atoms with Gasteiger partial charge in [0.15, 0.2) is 5.96 Å². The Morgan fingerprint density at radius 2 is 1.90 bits per heavy atom. The summed E-state index contributed by atoms with van der Waals surface area (Å²) in [6, 6.07) is 13.4. The third kappa shape index (κ3) is 8.95. The van der Waals surface area contributed by atoms with Crippen molar-refractivity contribution < 1.29 is 9.53 Å². The van der Waals surface area contributed by atoms with Crippen LogP contribution in [0.1, 0.15) is 28.4 Å². The van der Waals surface area contributed by atoms with Crippen LogP contribution in [0.15, 0.2) is 47.5 Å². The number of guanidine groups is 1. The maximum absolute atomic E-state index is 12.1. The fourth-order valence-corrected chi connectivity index (χ4v) is 3.20. The molecule has 0 aliphatic heterocycles. The van der Waals surface area contributed by atoms with Crippen LogP contribution in [0.4, 0.5) is 0 Å². The summed E-state index contributed by atoms with van der Waals surface area (Å²) in [5, 5.41) is 7.30. The second-order valence-electron chi connectivity index (χ2n) is 7.04. The van der Waals surface area contributed by atoms with Crippen LogP contribution in [0.5, 0.6) is 5.75 Å². The Morgan fingerprint density at radius 3 is 2.55 bits per heavy atom. The molecule has 0 atom stereocenters. The summed E-state index contributed by atoms with van der Waals surface area (Å²) in [6.07, 6.45) is 1.54.